The SMILES string of the molecule is CC(C)Cc1cc(-c2cccc3c2Cc2ccccc2-3)ccc1OCCO. The first-order valence-electron chi connectivity index (χ1n) is 9.74. The molecule has 0 spiro atoms. The Hall–Kier alpha value is -2.58. The fourth-order valence-corrected chi connectivity index (χ4v) is 4.07. The molecule has 4 rings (SSSR count). The zero-order chi connectivity index (χ0) is 18.8. The van der Waals surface area contributed by atoms with Crippen LogP contribution in [0.5, 0.6) is 5.75 Å². The van der Waals surface area contributed by atoms with E-state index in [0.29, 0.717) is 12.5 Å². The van der Waals surface area contributed by atoms with Gasteiger partial charge in [-0.05, 0) is 69.8 Å². The predicted octanol–water partition coefficient (Wildman–Crippen LogP) is 5.49. The third-order valence-corrected chi connectivity index (χ3v) is 5.20. The Morgan fingerprint density at radius 3 is 2.52 bits per heavy atom. The minimum atomic E-state index is 0.0350. The standard InChI is InChI=1S/C25H26O2/c1-17(2)14-20-15-19(10-11-25(20)27-13-12-26)22-8-5-9-23-21-7-4-3-6-18(21)16-24(22)23/h3-11,15,17,26H,12-14,16H2,1-2H3. The van der Waals surface area contributed by atoms with Gasteiger partial charge < -0.3 is 9.84 Å². The van der Waals surface area contributed by atoms with Crippen LogP contribution in [0.3, 0.4) is 0 Å². The summed E-state index contributed by atoms with van der Waals surface area (Å²) in [5.41, 5.74) is 9.30. The molecule has 0 unspecified atom stereocenters. The summed E-state index contributed by atoms with van der Waals surface area (Å²) in [5.74, 6) is 1.43. The Kier molecular flexibility index (Phi) is 5.00. The molecule has 3 aromatic carbocycles. The van der Waals surface area contributed by atoms with Crippen LogP contribution in [0.15, 0.2) is 60.7 Å². The summed E-state index contributed by atoms with van der Waals surface area (Å²) in [6.07, 6.45) is 1.95. The van der Waals surface area contributed by atoms with Gasteiger partial charge in [0.2, 0.25) is 0 Å². The molecule has 0 bridgehead atoms. The first-order valence-corrected chi connectivity index (χ1v) is 9.74. The number of fused-ring (bicyclic) bond motifs is 3. The minimum absolute atomic E-state index is 0.0350. The molecule has 1 aliphatic rings. The van der Waals surface area contributed by atoms with Crippen LogP contribution in [-0.4, -0.2) is 18.3 Å². The molecule has 0 atom stereocenters. The van der Waals surface area contributed by atoms with Gasteiger partial charge in [0.1, 0.15) is 12.4 Å². The van der Waals surface area contributed by atoms with E-state index in [4.69, 9.17) is 9.84 Å². The third-order valence-electron chi connectivity index (χ3n) is 5.20. The van der Waals surface area contributed by atoms with Crippen LogP contribution in [-0.2, 0) is 12.8 Å². The number of hydrogen-bond acceptors (Lipinski definition) is 2. The molecule has 0 fully saturated rings. The van der Waals surface area contributed by atoms with Gasteiger partial charge >= 0.3 is 0 Å². The lowest BCUT2D eigenvalue weighted by atomic mass is 9.92. The van der Waals surface area contributed by atoms with Crippen molar-refractivity contribution in [2.75, 3.05) is 13.2 Å². The van der Waals surface area contributed by atoms with Crippen LogP contribution >= 0.6 is 0 Å². The quantitative estimate of drug-likeness (QED) is 0.493. The Bertz CT molecular complexity index is 956. The fourth-order valence-electron chi connectivity index (χ4n) is 4.07. The fraction of sp³-hybridized carbons (Fsp3) is 0.280. The summed E-state index contributed by atoms with van der Waals surface area (Å²) >= 11 is 0. The molecule has 0 amide bonds. The van der Waals surface area contributed by atoms with E-state index in [1.165, 1.54) is 38.9 Å². The highest BCUT2D eigenvalue weighted by atomic mass is 16.5. The van der Waals surface area contributed by atoms with Crippen molar-refractivity contribution in [3.8, 4) is 28.0 Å². The first-order chi connectivity index (χ1) is 13.2. The monoisotopic (exact) mass is 358 g/mol. The molecular weight excluding hydrogens is 332 g/mol. The molecule has 0 heterocycles. The summed E-state index contributed by atoms with van der Waals surface area (Å²) in [6, 6.07) is 21.8. The lowest BCUT2D eigenvalue weighted by Crippen LogP contribution is -2.05. The second-order valence-corrected chi connectivity index (χ2v) is 7.66. The van der Waals surface area contributed by atoms with Crippen LogP contribution in [0.1, 0.15) is 30.5 Å². The molecule has 0 aromatic heterocycles. The van der Waals surface area contributed by atoms with Gasteiger partial charge in [0.15, 0.2) is 0 Å². The smallest absolute Gasteiger partial charge is 0.122 e. The van der Waals surface area contributed by atoms with Gasteiger partial charge in [0, 0.05) is 0 Å². The van der Waals surface area contributed by atoms with E-state index in [-0.39, 0.29) is 6.61 Å². The molecule has 2 heteroatoms. The van der Waals surface area contributed by atoms with Gasteiger partial charge in [-0.15, -0.1) is 0 Å². The minimum Gasteiger partial charge on any atom is -0.491 e. The van der Waals surface area contributed by atoms with Crippen LogP contribution in [0.2, 0.25) is 0 Å². The molecule has 138 valence electrons. The highest BCUT2D eigenvalue weighted by Crippen LogP contribution is 2.42. The van der Waals surface area contributed by atoms with Crippen LogP contribution in [0, 0.1) is 5.92 Å². The Morgan fingerprint density at radius 2 is 1.70 bits per heavy atom. The number of ether oxygens (including phenoxy) is 1. The second-order valence-electron chi connectivity index (χ2n) is 7.66. The number of aliphatic hydroxyl groups excluding tert-OH is 1. The number of rotatable bonds is 6. The topological polar surface area (TPSA) is 29.5 Å². The van der Waals surface area contributed by atoms with Crippen molar-refractivity contribution in [1.82, 2.24) is 0 Å². The van der Waals surface area contributed by atoms with Gasteiger partial charge in [-0.25, -0.2) is 0 Å². The molecule has 0 radical (unpaired) electrons. The molecule has 27 heavy (non-hydrogen) atoms. The maximum Gasteiger partial charge on any atom is 0.122 e. The average molecular weight is 358 g/mol. The third kappa shape index (κ3) is 3.50. The van der Waals surface area contributed by atoms with E-state index >= 15 is 0 Å². The molecule has 0 aliphatic heterocycles. The normalized spacial score (nSPS) is 12.1. The lowest BCUT2D eigenvalue weighted by molar-refractivity contribution is 0.200. The highest BCUT2D eigenvalue weighted by molar-refractivity contribution is 5.85. The van der Waals surface area contributed by atoms with Gasteiger partial charge in [-0.1, -0.05) is 62.4 Å². The van der Waals surface area contributed by atoms with Crippen molar-refractivity contribution >= 4 is 0 Å². The maximum atomic E-state index is 9.10. The summed E-state index contributed by atoms with van der Waals surface area (Å²) in [5, 5.41) is 9.10. The molecule has 3 aromatic rings. The van der Waals surface area contributed by atoms with E-state index in [1.54, 1.807) is 0 Å². The van der Waals surface area contributed by atoms with Gasteiger partial charge in [0.25, 0.3) is 0 Å². The van der Waals surface area contributed by atoms with Crippen LogP contribution < -0.4 is 4.74 Å². The van der Waals surface area contributed by atoms with Crippen molar-refractivity contribution in [3.05, 3.63) is 77.4 Å². The summed E-state index contributed by atoms with van der Waals surface area (Å²) in [6.45, 7) is 4.81. The Morgan fingerprint density at radius 1 is 0.926 bits per heavy atom. The highest BCUT2D eigenvalue weighted by Gasteiger charge is 2.21. The Labute approximate surface area is 161 Å². The van der Waals surface area contributed by atoms with Crippen molar-refractivity contribution in [2.24, 2.45) is 5.92 Å². The first kappa shape index (κ1) is 17.8. The molecule has 0 saturated heterocycles. The summed E-state index contributed by atoms with van der Waals surface area (Å²) in [7, 11) is 0. The van der Waals surface area contributed by atoms with Gasteiger partial charge in [0.05, 0.1) is 6.61 Å². The van der Waals surface area contributed by atoms with Crippen molar-refractivity contribution in [1.29, 1.82) is 0 Å². The van der Waals surface area contributed by atoms with E-state index in [0.717, 1.165) is 18.6 Å². The predicted molar refractivity (Wildman–Crippen MR) is 111 cm³/mol. The number of aliphatic hydroxyl groups is 1. The molecule has 2 nitrogen and oxygen atoms in total. The van der Waals surface area contributed by atoms with E-state index in [2.05, 4.69) is 74.5 Å². The van der Waals surface area contributed by atoms with E-state index in [9.17, 15) is 0 Å². The lowest BCUT2D eigenvalue weighted by Gasteiger charge is -2.16. The summed E-state index contributed by atoms with van der Waals surface area (Å²) < 4.78 is 5.77. The molecule has 0 saturated carbocycles. The zero-order valence-corrected chi connectivity index (χ0v) is 16.0. The molecule has 1 aliphatic carbocycles. The van der Waals surface area contributed by atoms with E-state index in [1.807, 2.05) is 0 Å². The largest absolute Gasteiger partial charge is 0.491 e. The van der Waals surface area contributed by atoms with Crippen LogP contribution in [0.25, 0.3) is 22.3 Å². The maximum absolute atomic E-state index is 9.10. The second kappa shape index (κ2) is 7.58. The Balaban J connectivity index is 1.76. The number of hydrogen-bond donors (Lipinski definition) is 1. The van der Waals surface area contributed by atoms with Gasteiger partial charge in [-0.2, -0.15) is 0 Å². The van der Waals surface area contributed by atoms with Crippen LogP contribution in [0.4, 0.5) is 0 Å². The number of benzene rings is 3. The summed E-state index contributed by atoms with van der Waals surface area (Å²) in [4.78, 5) is 0. The van der Waals surface area contributed by atoms with Crippen molar-refractivity contribution in [3.63, 3.8) is 0 Å². The molecule has 1 N–H and O–H groups in total. The van der Waals surface area contributed by atoms with Crippen molar-refractivity contribution in [2.45, 2.75) is 26.7 Å². The van der Waals surface area contributed by atoms with E-state index < -0.39 is 0 Å². The zero-order valence-electron chi connectivity index (χ0n) is 16.0. The molecular formula is C25H26O2. The average Bonchev–Trinajstić information content (AvgIpc) is 3.05. The van der Waals surface area contributed by atoms with Gasteiger partial charge in [-0.3, -0.25) is 0 Å². The van der Waals surface area contributed by atoms with Crippen molar-refractivity contribution < 1.29 is 9.84 Å².